The number of cyclic esters (lactones) is 1. The Morgan fingerprint density at radius 1 is 1.07 bits per heavy atom. The van der Waals surface area contributed by atoms with Crippen LogP contribution in [0.3, 0.4) is 0 Å². The fourth-order valence-corrected chi connectivity index (χ4v) is 12.0. The Labute approximate surface area is 416 Å². The molecule has 3 saturated heterocycles. The normalized spacial score (nSPS) is 21.5. The number of ether oxygens (including phenoxy) is 2. The van der Waals surface area contributed by atoms with Gasteiger partial charge in [-0.2, -0.15) is 0 Å². The highest BCUT2D eigenvalue weighted by molar-refractivity contribution is 7.10. The van der Waals surface area contributed by atoms with Crippen LogP contribution in [-0.2, 0) is 48.0 Å². The molecule has 16 nitrogen and oxygen atoms in total. The highest BCUT2D eigenvalue weighted by atomic mass is 32.1. The van der Waals surface area contributed by atoms with Crippen LogP contribution in [0.25, 0.3) is 33.4 Å². The molecule has 8 rings (SSSR count). The van der Waals surface area contributed by atoms with Gasteiger partial charge in [-0.05, 0) is 106 Å². The van der Waals surface area contributed by atoms with Gasteiger partial charge in [0.1, 0.15) is 18.1 Å². The minimum atomic E-state index is -1.07. The Hall–Kier alpha value is -5.65. The first-order valence-electron chi connectivity index (χ1n) is 25.0. The van der Waals surface area contributed by atoms with Crippen LogP contribution in [0.4, 0.5) is 4.79 Å². The summed E-state index contributed by atoms with van der Waals surface area (Å²) in [4.78, 5) is 85.3. The van der Waals surface area contributed by atoms with Crippen molar-refractivity contribution in [2.24, 2.45) is 16.7 Å². The highest BCUT2D eigenvalue weighted by Gasteiger charge is 2.43. The second-order valence-corrected chi connectivity index (χ2v) is 21.9. The number of carbonyl (C=O) groups excluding carboxylic acids is 5. The Morgan fingerprint density at radius 3 is 2.56 bits per heavy atom. The van der Waals surface area contributed by atoms with Crippen LogP contribution in [0, 0.1) is 16.7 Å². The molecule has 4 atom stereocenters. The van der Waals surface area contributed by atoms with Gasteiger partial charge in [-0.1, -0.05) is 40.3 Å². The van der Waals surface area contributed by atoms with E-state index in [4.69, 9.17) is 19.4 Å². The lowest BCUT2D eigenvalue weighted by Gasteiger charge is -2.48. The lowest BCUT2D eigenvalue weighted by molar-refractivity contribution is -0.155. The number of likely N-dealkylation sites (tertiary alicyclic amines) is 2. The minimum absolute atomic E-state index is 0.0729. The van der Waals surface area contributed by atoms with Gasteiger partial charge in [0.05, 0.1) is 34.8 Å². The number of nitrogens with one attached hydrogen (secondary N) is 2. The van der Waals surface area contributed by atoms with Crippen LogP contribution in [-0.4, -0.2) is 136 Å². The first-order valence-corrected chi connectivity index (χ1v) is 25.9. The van der Waals surface area contributed by atoms with Gasteiger partial charge in [0.2, 0.25) is 11.8 Å². The summed E-state index contributed by atoms with van der Waals surface area (Å²) in [6, 6.07) is 7.46. The van der Waals surface area contributed by atoms with E-state index in [0.29, 0.717) is 63.5 Å². The van der Waals surface area contributed by atoms with E-state index in [1.54, 1.807) is 20.4 Å². The molecule has 1 spiro atoms. The van der Waals surface area contributed by atoms with Crippen LogP contribution in [0.1, 0.15) is 102 Å². The van der Waals surface area contributed by atoms with E-state index >= 15 is 0 Å². The number of hydrogen-bond acceptors (Lipinski definition) is 11. The van der Waals surface area contributed by atoms with Crippen molar-refractivity contribution in [3.05, 3.63) is 70.8 Å². The number of amides is 5. The number of aryl methyl sites for hydroxylation is 1. The summed E-state index contributed by atoms with van der Waals surface area (Å²) in [5.74, 6) is -1.68. The molecule has 0 aliphatic carbocycles. The number of carbonyl (C=O) groups is 5. The highest BCUT2D eigenvalue weighted by Crippen LogP contribution is 2.43. The fourth-order valence-electron chi connectivity index (χ4n) is 11.2. The van der Waals surface area contributed by atoms with Gasteiger partial charge in [0, 0.05) is 98.9 Å². The van der Waals surface area contributed by atoms with Gasteiger partial charge in [-0.3, -0.25) is 29.2 Å². The molecule has 6 bridgehead atoms. The summed E-state index contributed by atoms with van der Waals surface area (Å²) in [7, 11) is 3.35. The number of pyridine rings is 1. The predicted molar refractivity (Wildman–Crippen MR) is 270 cm³/mol. The maximum atomic E-state index is 14.8. The fraction of sp³-hybridized carbons (Fsp3) is 0.566. The molecule has 5 amide bonds. The number of piperidine rings is 2. The molecule has 1 aromatic carbocycles. The Bertz CT molecular complexity index is 2610. The van der Waals surface area contributed by atoms with Crippen molar-refractivity contribution in [3.8, 4) is 22.5 Å². The Kier molecular flexibility index (Phi) is 15.2. The number of rotatable bonds is 9. The second kappa shape index (κ2) is 21.0. The van der Waals surface area contributed by atoms with Crippen molar-refractivity contribution in [3.63, 3.8) is 0 Å². The molecule has 17 heteroatoms. The van der Waals surface area contributed by atoms with Crippen molar-refractivity contribution < 1.29 is 33.4 Å². The zero-order chi connectivity index (χ0) is 50.1. The predicted octanol–water partition coefficient (Wildman–Crippen LogP) is 7.17. The monoisotopic (exact) mass is 978 g/mol. The number of hydrazine groups is 1. The number of esters is 1. The number of benzene rings is 1. The van der Waals surface area contributed by atoms with Crippen molar-refractivity contribution in [2.45, 2.75) is 124 Å². The Morgan fingerprint density at radius 2 is 1.84 bits per heavy atom. The maximum absolute atomic E-state index is 14.8. The largest absolute Gasteiger partial charge is 0.464 e. The molecule has 4 aliphatic rings. The van der Waals surface area contributed by atoms with Crippen molar-refractivity contribution in [1.29, 1.82) is 0 Å². The van der Waals surface area contributed by atoms with Crippen molar-refractivity contribution in [1.82, 2.24) is 45.0 Å². The molecule has 3 fully saturated rings. The van der Waals surface area contributed by atoms with E-state index in [-0.39, 0.29) is 42.4 Å². The maximum Gasteiger partial charge on any atom is 0.324 e. The lowest BCUT2D eigenvalue weighted by Crippen LogP contribution is -2.63. The molecular weight excluding hydrogens is 907 g/mol. The van der Waals surface area contributed by atoms with Crippen LogP contribution < -0.4 is 10.7 Å². The first-order chi connectivity index (χ1) is 33.5. The number of nitrogens with zero attached hydrogens (tertiary/aromatic N) is 7. The van der Waals surface area contributed by atoms with E-state index in [1.807, 2.05) is 42.0 Å². The van der Waals surface area contributed by atoms with E-state index in [0.717, 1.165) is 70.4 Å². The lowest BCUT2D eigenvalue weighted by atomic mass is 9.72. The zero-order valence-corrected chi connectivity index (χ0v) is 43.0. The first kappa shape index (κ1) is 50.7. The average molecular weight is 978 g/mol. The molecule has 1 unspecified atom stereocenters. The molecule has 4 aliphatic heterocycles. The van der Waals surface area contributed by atoms with E-state index in [1.165, 1.54) is 27.3 Å². The van der Waals surface area contributed by atoms with Crippen molar-refractivity contribution in [2.75, 3.05) is 53.5 Å². The van der Waals surface area contributed by atoms with Crippen LogP contribution in [0.5, 0.6) is 0 Å². The summed E-state index contributed by atoms with van der Waals surface area (Å²) in [6.45, 7) is 19.3. The van der Waals surface area contributed by atoms with Gasteiger partial charge in [0.15, 0.2) is 0 Å². The summed E-state index contributed by atoms with van der Waals surface area (Å²) in [5, 5.41) is 8.22. The topological polar surface area (TPSA) is 172 Å². The van der Waals surface area contributed by atoms with Gasteiger partial charge in [-0.25, -0.2) is 15.2 Å². The molecule has 4 aromatic rings. The quantitative estimate of drug-likeness (QED) is 0.130. The smallest absolute Gasteiger partial charge is 0.324 e. The zero-order valence-electron chi connectivity index (χ0n) is 42.2. The number of methoxy groups -OCH3 is 1. The second-order valence-electron chi connectivity index (χ2n) is 20.9. The molecular formula is C53H71N9O7S. The molecule has 0 radical (unpaired) electrons. The van der Waals surface area contributed by atoms with Crippen LogP contribution in [0.2, 0.25) is 0 Å². The summed E-state index contributed by atoms with van der Waals surface area (Å²) in [6.07, 6.45) is 7.97. The standard InChI is InChI=1S/C53H71N9O7S/c1-10-44(63)59-25-20-53(21-26-59)19-14-23-60(31-53)51(67)58(8)46(33(3)4)48(64)56-40-28-43-55-41(30-70-43)35-17-18-42-37(27-35)38(47(61(42)11-2)36-15-12-22-54-45(36)34(5)68-9)29-52(6,7)32-69-50(66)39-16-13-24-62(57-39)49(40)65/h10,12,15,17-18,22,27,30,33-34,39-40,46,57H,1,11,13-14,16,19-21,23-26,28-29,31-32H2,2-9H3,(H,56,64)/t34-,39-,40-,46?/m0/s1. The third-order valence-electron chi connectivity index (χ3n) is 15.0. The summed E-state index contributed by atoms with van der Waals surface area (Å²) >= 11 is 1.42. The molecule has 2 N–H and O–H groups in total. The molecule has 3 aromatic heterocycles. The number of likely N-dealkylation sites (N-methyl/N-ethyl adjacent to an activating group) is 1. The van der Waals surface area contributed by atoms with Gasteiger partial charge < -0.3 is 34.1 Å². The van der Waals surface area contributed by atoms with Crippen LogP contribution >= 0.6 is 11.3 Å². The Balaban J connectivity index is 1.11. The summed E-state index contributed by atoms with van der Waals surface area (Å²) < 4.78 is 14.3. The van der Waals surface area contributed by atoms with E-state index in [2.05, 4.69) is 66.9 Å². The van der Waals surface area contributed by atoms with Crippen LogP contribution in [0.15, 0.2) is 54.6 Å². The number of thiazole rings is 1. The third-order valence-corrected chi connectivity index (χ3v) is 15.9. The van der Waals surface area contributed by atoms with Gasteiger partial charge in [0.25, 0.3) is 5.91 Å². The van der Waals surface area contributed by atoms with E-state index in [9.17, 15) is 24.0 Å². The summed E-state index contributed by atoms with van der Waals surface area (Å²) in [5.41, 5.74) is 9.23. The number of hydrogen-bond donors (Lipinski definition) is 2. The minimum Gasteiger partial charge on any atom is -0.464 e. The molecule has 376 valence electrons. The SMILES string of the molecule is C=CC(=O)N1CCC2(CCCN(C(=O)N(C)C(C(=O)N[C@H]3Cc4nc(cs4)-c4ccc5c(c4)c(c(-c4cccnc4[C@H](C)OC)n5CC)CC(C)(C)COC(=O)[C@@H]4CCCN(N4)C3=O)C(C)C)C2)CC1. The average Bonchev–Trinajstić information content (AvgIpc) is 3.95. The molecule has 0 saturated carbocycles. The number of fused-ring (bicyclic) bond motifs is 6. The third kappa shape index (κ3) is 10.4. The van der Waals surface area contributed by atoms with Gasteiger partial charge >= 0.3 is 12.0 Å². The van der Waals surface area contributed by atoms with E-state index < -0.39 is 41.3 Å². The van der Waals surface area contributed by atoms with Crippen molar-refractivity contribution >= 4 is 52.0 Å². The number of aromatic nitrogens is 3. The molecule has 7 heterocycles. The van der Waals surface area contributed by atoms with Gasteiger partial charge in [-0.15, -0.1) is 11.3 Å². The number of urea groups is 1. The molecule has 70 heavy (non-hydrogen) atoms.